The molecule has 0 bridgehead atoms. The zero-order chi connectivity index (χ0) is 21.0. The smallest absolute Gasteiger partial charge is 0.185 e. The fourth-order valence-corrected chi connectivity index (χ4v) is 5.04. The van der Waals surface area contributed by atoms with Crippen molar-refractivity contribution in [2.24, 2.45) is 23.2 Å². The highest BCUT2D eigenvalue weighted by atomic mass is 16.3. The van der Waals surface area contributed by atoms with Crippen LogP contribution in [-0.4, -0.2) is 6.29 Å². The second-order valence-corrected chi connectivity index (χ2v) is 9.21. The van der Waals surface area contributed by atoms with Crippen molar-refractivity contribution in [3.8, 4) is 11.8 Å². The molecule has 158 valence electrons. The van der Waals surface area contributed by atoms with Crippen LogP contribution in [0, 0.1) is 35.0 Å². The molecule has 0 aliphatic rings. The van der Waals surface area contributed by atoms with E-state index in [1.165, 1.54) is 44.9 Å². The molecule has 1 aromatic rings. The third-order valence-corrected chi connectivity index (χ3v) is 6.60. The normalized spacial score (nSPS) is 11.9. The van der Waals surface area contributed by atoms with Crippen LogP contribution >= 0.6 is 0 Å². The van der Waals surface area contributed by atoms with Gasteiger partial charge in [-0.1, -0.05) is 91.9 Å². The quantitative estimate of drug-likeness (QED) is 0.196. The van der Waals surface area contributed by atoms with Crippen molar-refractivity contribution in [3.63, 3.8) is 0 Å². The third-order valence-electron chi connectivity index (χ3n) is 6.60. The predicted octanol–water partition coefficient (Wildman–Crippen LogP) is 7.91. The van der Waals surface area contributed by atoms with Crippen molar-refractivity contribution in [2.45, 2.75) is 99.3 Å². The van der Waals surface area contributed by atoms with Gasteiger partial charge in [0.1, 0.15) is 6.26 Å². The molecular formula is C26H42O2. The van der Waals surface area contributed by atoms with Gasteiger partial charge in [-0.2, -0.15) is 0 Å². The maximum absolute atomic E-state index is 10.6. The third kappa shape index (κ3) is 7.50. The lowest BCUT2D eigenvalue weighted by Gasteiger charge is -2.45. The van der Waals surface area contributed by atoms with Crippen LogP contribution in [0.2, 0.25) is 0 Å². The van der Waals surface area contributed by atoms with E-state index in [9.17, 15) is 4.79 Å². The Hall–Kier alpha value is -1.49. The molecule has 0 atom stereocenters. The number of hydrogen-bond acceptors (Lipinski definition) is 2. The summed E-state index contributed by atoms with van der Waals surface area (Å²) in [5, 5.41) is 0. The first-order chi connectivity index (χ1) is 13.3. The molecule has 0 aromatic carbocycles. The van der Waals surface area contributed by atoms with E-state index in [4.69, 9.17) is 4.42 Å². The van der Waals surface area contributed by atoms with Crippen molar-refractivity contribution in [1.82, 2.24) is 0 Å². The molecule has 28 heavy (non-hydrogen) atoms. The summed E-state index contributed by atoms with van der Waals surface area (Å²) in [4.78, 5) is 10.6. The van der Waals surface area contributed by atoms with Crippen molar-refractivity contribution in [3.05, 3.63) is 23.7 Å². The van der Waals surface area contributed by atoms with Gasteiger partial charge in [-0.15, -0.1) is 0 Å². The summed E-state index contributed by atoms with van der Waals surface area (Å²) in [5.41, 5.74) is 1.28. The van der Waals surface area contributed by atoms with E-state index >= 15 is 0 Å². The Bertz CT molecular complexity index is 588. The van der Waals surface area contributed by atoms with E-state index < -0.39 is 0 Å². The van der Waals surface area contributed by atoms with E-state index in [0.717, 1.165) is 36.2 Å². The molecule has 0 aliphatic heterocycles. The largest absolute Gasteiger partial charge is 0.460 e. The molecule has 1 aromatic heterocycles. The van der Waals surface area contributed by atoms with Gasteiger partial charge in [-0.05, 0) is 36.0 Å². The Labute approximate surface area is 173 Å². The van der Waals surface area contributed by atoms with Crippen LogP contribution in [-0.2, 0) is 0 Å². The summed E-state index contributed by atoms with van der Waals surface area (Å²) >= 11 is 0. The molecule has 2 nitrogen and oxygen atoms in total. The molecule has 0 spiro atoms. The lowest BCUT2D eigenvalue weighted by Crippen LogP contribution is -2.38. The monoisotopic (exact) mass is 386 g/mol. The van der Waals surface area contributed by atoms with Crippen LogP contribution in [0.1, 0.15) is 115 Å². The molecule has 0 N–H and O–H groups in total. The molecule has 0 amide bonds. The highest BCUT2D eigenvalue weighted by Gasteiger charge is 2.39. The van der Waals surface area contributed by atoms with Crippen molar-refractivity contribution in [2.75, 3.05) is 0 Å². The van der Waals surface area contributed by atoms with Crippen LogP contribution < -0.4 is 0 Å². The van der Waals surface area contributed by atoms with E-state index in [1.807, 2.05) is 0 Å². The minimum Gasteiger partial charge on any atom is -0.460 e. The van der Waals surface area contributed by atoms with Crippen molar-refractivity contribution in [1.29, 1.82) is 0 Å². The average Bonchev–Trinajstić information content (AvgIpc) is 3.09. The lowest BCUT2D eigenvalue weighted by atomic mass is 9.60. The van der Waals surface area contributed by atoms with Gasteiger partial charge in [-0.3, -0.25) is 4.79 Å². The van der Waals surface area contributed by atoms with Crippen LogP contribution in [0.25, 0.3) is 0 Å². The van der Waals surface area contributed by atoms with Crippen LogP contribution in [0.4, 0.5) is 0 Å². The maximum atomic E-state index is 10.6. The molecule has 0 radical (unpaired) electrons. The first-order valence-corrected chi connectivity index (χ1v) is 11.4. The first kappa shape index (κ1) is 24.5. The van der Waals surface area contributed by atoms with Gasteiger partial charge in [0.25, 0.3) is 0 Å². The fourth-order valence-electron chi connectivity index (χ4n) is 5.04. The zero-order valence-corrected chi connectivity index (χ0v) is 19.1. The minimum absolute atomic E-state index is 0.344. The summed E-state index contributed by atoms with van der Waals surface area (Å²) in [6.07, 6.45) is 13.7. The molecule has 0 saturated carbocycles. The van der Waals surface area contributed by atoms with E-state index in [2.05, 4.69) is 53.4 Å². The Morgan fingerprint density at radius 2 is 1.43 bits per heavy atom. The highest BCUT2D eigenvalue weighted by molar-refractivity contribution is 5.71. The Morgan fingerprint density at radius 3 is 1.93 bits per heavy atom. The number of aldehydes is 1. The standard InChI is InChI=1S/C26H42O2/c1-21(2)26(22(3)4,23(5)6)17-15-13-11-9-7-8-10-12-14-16-24-18-25(19-27)28-20-24/h18-23H,7-13,15,17H2,1-6H3. The molecule has 1 rings (SSSR count). The minimum atomic E-state index is 0.344. The van der Waals surface area contributed by atoms with Gasteiger partial charge >= 0.3 is 0 Å². The lowest BCUT2D eigenvalue weighted by molar-refractivity contribution is 0.0356. The second-order valence-electron chi connectivity index (χ2n) is 9.21. The van der Waals surface area contributed by atoms with Crippen LogP contribution in [0.15, 0.2) is 16.7 Å². The zero-order valence-electron chi connectivity index (χ0n) is 19.1. The van der Waals surface area contributed by atoms with Gasteiger partial charge in [0, 0.05) is 12.5 Å². The summed E-state index contributed by atoms with van der Waals surface area (Å²) in [6.45, 7) is 14.5. The molecule has 0 saturated heterocycles. The SMILES string of the molecule is CC(C)C(CCCCCCCCCC#Cc1coc(C=O)c1)(C(C)C)C(C)C. The summed E-state index contributed by atoms with van der Waals surface area (Å²) in [5.74, 6) is 8.83. The second kappa shape index (κ2) is 12.9. The van der Waals surface area contributed by atoms with E-state index in [-0.39, 0.29) is 0 Å². The van der Waals surface area contributed by atoms with E-state index in [1.54, 1.807) is 12.3 Å². The molecule has 0 fully saturated rings. The topological polar surface area (TPSA) is 30.2 Å². The number of carbonyl (C=O) groups excluding carboxylic acids is 1. The molecule has 2 heteroatoms. The van der Waals surface area contributed by atoms with Crippen molar-refractivity contribution < 1.29 is 9.21 Å². The highest BCUT2D eigenvalue weighted by Crippen LogP contribution is 2.47. The summed E-state index contributed by atoms with van der Waals surface area (Å²) in [7, 11) is 0. The summed E-state index contributed by atoms with van der Waals surface area (Å²) < 4.78 is 5.05. The predicted molar refractivity (Wildman–Crippen MR) is 119 cm³/mol. The van der Waals surface area contributed by atoms with Gasteiger partial charge in [-0.25, -0.2) is 0 Å². The molecular weight excluding hydrogens is 344 g/mol. The fraction of sp³-hybridized carbons (Fsp3) is 0.731. The van der Waals surface area contributed by atoms with Gasteiger partial charge < -0.3 is 4.42 Å². The molecule has 0 unspecified atom stereocenters. The van der Waals surface area contributed by atoms with Crippen molar-refractivity contribution >= 4 is 6.29 Å². The van der Waals surface area contributed by atoms with Gasteiger partial charge in [0.05, 0.1) is 5.56 Å². The number of hydrogen-bond donors (Lipinski definition) is 0. The average molecular weight is 387 g/mol. The summed E-state index contributed by atoms with van der Waals surface area (Å²) in [6, 6.07) is 1.69. The maximum Gasteiger partial charge on any atom is 0.185 e. The Morgan fingerprint density at radius 1 is 0.893 bits per heavy atom. The molecule has 1 heterocycles. The van der Waals surface area contributed by atoms with Gasteiger partial charge in [0.2, 0.25) is 0 Å². The van der Waals surface area contributed by atoms with Crippen LogP contribution in [0.5, 0.6) is 0 Å². The van der Waals surface area contributed by atoms with Gasteiger partial charge in [0.15, 0.2) is 12.0 Å². The number of carbonyl (C=O) groups is 1. The first-order valence-electron chi connectivity index (χ1n) is 11.4. The van der Waals surface area contributed by atoms with E-state index in [0.29, 0.717) is 17.5 Å². The number of rotatable bonds is 13. The molecule has 0 aliphatic carbocycles. The Kier molecular flexibility index (Phi) is 11.3. The number of unbranched alkanes of at least 4 members (excludes halogenated alkanes) is 7. The van der Waals surface area contributed by atoms with Crippen LogP contribution in [0.3, 0.4) is 0 Å². The number of furan rings is 1. The Balaban J connectivity index is 2.14.